The lowest BCUT2D eigenvalue weighted by Gasteiger charge is -2.29. The zero-order valence-electron chi connectivity index (χ0n) is 11.3. The minimum Gasteiger partial charge on any atom is -0.295 e. The highest BCUT2D eigenvalue weighted by atomic mass is 16.1. The predicted octanol–water partition coefficient (Wildman–Crippen LogP) is 4.29. The molecule has 1 unspecified atom stereocenters. The van der Waals surface area contributed by atoms with E-state index in [4.69, 9.17) is 0 Å². The molecule has 0 saturated carbocycles. The number of ketones is 1. The van der Waals surface area contributed by atoms with Gasteiger partial charge in [0.15, 0.2) is 5.78 Å². The zero-order chi connectivity index (χ0) is 12.3. The van der Waals surface area contributed by atoms with Crippen molar-refractivity contribution in [3.63, 3.8) is 0 Å². The van der Waals surface area contributed by atoms with Crippen molar-refractivity contribution in [3.05, 3.63) is 23.3 Å². The molecule has 0 aromatic carbocycles. The van der Waals surface area contributed by atoms with Gasteiger partial charge in [-0.25, -0.2) is 0 Å². The summed E-state index contributed by atoms with van der Waals surface area (Å²) in [7, 11) is 0. The van der Waals surface area contributed by atoms with E-state index < -0.39 is 0 Å². The van der Waals surface area contributed by atoms with Crippen molar-refractivity contribution in [1.29, 1.82) is 0 Å². The second-order valence-electron chi connectivity index (χ2n) is 5.44. The van der Waals surface area contributed by atoms with E-state index in [1.54, 1.807) is 0 Å². The van der Waals surface area contributed by atoms with Gasteiger partial charge in [-0.05, 0) is 43.6 Å². The molecule has 1 aliphatic carbocycles. The van der Waals surface area contributed by atoms with Gasteiger partial charge in [0.1, 0.15) is 0 Å². The number of allylic oxidation sites excluding steroid dienone is 4. The first-order chi connectivity index (χ1) is 7.39. The summed E-state index contributed by atoms with van der Waals surface area (Å²) in [6.45, 7) is 10.7. The van der Waals surface area contributed by atoms with Crippen molar-refractivity contribution in [3.8, 4) is 0 Å². The third-order valence-electron chi connectivity index (χ3n) is 4.22. The molecule has 0 spiro atoms. The molecule has 90 valence electrons. The lowest BCUT2D eigenvalue weighted by Crippen LogP contribution is -2.20. The number of hydrogen-bond acceptors (Lipinski definition) is 1. The highest BCUT2D eigenvalue weighted by Gasteiger charge is 2.33. The lowest BCUT2D eigenvalue weighted by molar-refractivity contribution is -0.115. The Balaban J connectivity index is 2.62. The van der Waals surface area contributed by atoms with Crippen LogP contribution < -0.4 is 0 Å². The summed E-state index contributed by atoms with van der Waals surface area (Å²) in [5.74, 6) is 0.938. The highest BCUT2D eigenvalue weighted by molar-refractivity contribution is 5.94. The molecule has 1 heteroatoms. The summed E-state index contributed by atoms with van der Waals surface area (Å²) >= 11 is 0. The van der Waals surface area contributed by atoms with Crippen molar-refractivity contribution in [2.24, 2.45) is 11.3 Å². The molecular weight excluding hydrogens is 196 g/mol. The topological polar surface area (TPSA) is 17.1 Å². The molecule has 1 atom stereocenters. The Kier molecular flexibility index (Phi) is 4.12. The monoisotopic (exact) mass is 220 g/mol. The predicted molar refractivity (Wildman–Crippen MR) is 69.3 cm³/mol. The molecule has 0 aliphatic heterocycles. The highest BCUT2D eigenvalue weighted by Crippen LogP contribution is 2.44. The van der Waals surface area contributed by atoms with E-state index in [9.17, 15) is 4.79 Å². The molecule has 0 fully saturated rings. The first kappa shape index (κ1) is 13.2. The summed E-state index contributed by atoms with van der Waals surface area (Å²) in [4.78, 5) is 11.5. The minimum absolute atomic E-state index is 0.278. The van der Waals surface area contributed by atoms with Crippen molar-refractivity contribution >= 4 is 5.78 Å². The molecule has 0 saturated heterocycles. The molecule has 0 bridgehead atoms. The first-order valence-corrected chi connectivity index (χ1v) is 6.26. The SMILES string of the molecule is CCC(=O)/C(C)=C/CC1CC=C(C)C1(C)C. The number of rotatable bonds is 4. The fourth-order valence-corrected chi connectivity index (χ4v) is 2.30. The molecule has 0 radical (unpaired) electrons. The number of carbonyl (C=O) groups is 1. The normalized spacial score (nSPS) is 24.4. The average Bonchev–Trinajstić information content (AvgIpc) is 2.50. The molecule has 16 heavy (non-hydrogen) atoms. The second-order valence-corrected chi connectivity index (χ2v) is 5.44. The summed E-state index contributed by atoms with van der Waals surface area (Å²) in [6, 6.07) is 0. The van der Waals surface area contributed by atoms with Crippen LogP contribution in [0.15, 0.2) is 23.3 Å². The van der Waals surface area contributed by atoms with Crippen LogP contribution in [0.3, 0.4) is 0 Å². The smallest absolute Gasteiger partial charge is 0.157 e. The van der Waals surface area contributed by atoms with Gasteiger partial charge < -0.3 is 0 Å². The Bertz CT molecular complexity index is 331. The summed E-state index contributed by atoms with van der Waals surface area (Å²) < 4.78 is 0. The quantitative estimate of drug-likeness (QED) is 0.510. The largest absolute Gasteiger partial charge is 0.295 e. The van der Waals surface area contributed by atoms with Crippen molar-refractivity contribution < 1.29 is 4.79 Å². The van der Waals surface area contributed by atoms with E-state index in [0.29, 0.717) is 17.8 Å². The lowest BCUT2D eigenvalue weighted by atomic mass is 9.76. The van der Waals surface area contributed by atoms with E-state index in [0.717, 1.165) is 18.4 Å². The Morgan fingerprint density at radius 1 is 1.56 bits per heavy atom. The van der Waals surface area contributed by atoms with Crippen LogP contribution in [0.5, 0.6) is 0 Å². The van der Waals surface area contributed by atoms with Crippen LogP contribution in [0, 0.1) is 11.3 Å². The fourth-order valence-electron chi connectivity index (χ4n) is 2.30. The van der Waals surface area contributed by atoms with Crippen LogP contribution in [0.2, 0.25) is 0 Å². The Hall–Kier alpha value is -0.850. The molecule has 1 nitrogen and oxygen atoms in total. The van der Waals surface area contributed by atoms with E-state index in [-0.39, 0.29) is 5.78 Å². The summed E-state index contributed by atoms with van der Waals surface area (Å²) in [5, 5.41) is 0. The van der Waals surface area contributed by atoms with Crippen LogP contribution in [-0.4, -0.2) is 5.78 Å². The summed E-state index contributed by atoms with van der Waals surface area (Å²) in [6.07, 6.45) is 7.27. The van der Waals surface area contributed by atoms with Crippen LogP contribution in [0.25, 0.3) is 0 Å². The van der Waals surface area contributed by atoms with Gasteiger partial charge in [-0.2, -0.15) is 0 Å². The average molecular weight is 220 g/mol. The van der Waals surface area contributed by atoms with Gasteiger partial charge in [-0.15, -0.1) is 0 Å². The maximum Gasteiger partial charge on any atom is 0.157 e. The minimum atomic E-state index is 0.278. The third kappa shape index (κ3) is 2.63. The van der Waals surface area contributed by atoms with Gasteiger partial charge in [-0.3, -0.25) is 4.79 Å². The van der Waals surface area contributed by atoms with Crippen molar-refractivity contribution in [2.75, 3.05) is 0 Å². The van der Waals surface area contributed by atoms with E-state index >= 15 is 0 Å². The van der Waals surface area contributed by atoms with Crippen LogP contribution >= 0.6 is 0 Å². The fraction of sp³-hybridized carbons (Fsp3) is 0.667. The van der Waals surface area contributed by atoms with Crippen LogP contribution in [0.4, 0.5) is 0 Å². The Morgan fingerprint density at radius 2 is 2.19 bits per heavy atom. The van der Waals surface area contributed by atoms with Gasteiger partial charge >= 0.3 is 0 Å². The molecule has 0 N–H and O–H groups in total. The molecule has 1 rings (SSSR count). The number of hydrogen-bond donors (Lipinski definition) is 0. The maximum absolute atomic E-state index is 11.5. The van der Waals surface area contributed by atoms with E-state index in [2.05, 4.69) is 32.9 Å². The number of Topliss-reactive ketones (excluding diaryl/α,β-unsaturated/α-hetero) is 1. The van der Waals surface area contributed by atoms with Crippen LogP contribution in [-0.2, 0) is 4.79 Å². The number of carbonyl (C=O) groups excluding carboxylic acids is 1. The second kappa shape index (κ2) is 4.99. The molecule has 0 amide bonds. The molecular formula is C15H24O. The van der Waals surface area contributed by atoms with Crippen molar-refractivity contribution in [2.45, 2.75) is 53.9 Å². The maximum atomic E-state index is 11.5. The Labute approximate surface area is 99.6 Å². The van der Waals surface area contributed by atoms with E-state index in [1.165, 1.54) is 5.57 Å². The van der Waals surface area contributed by atoms with Gasteiger partial charge in [-0.1, -0.05) is 38.5 Å². The molecule has 1 aliphatic rings. The molecule has 0 aromatic rings. The van der Waals surface area contributed by atoms with Gasteiger partial charge in [0.05, 0.1) is 0 Å². The van der Waals surface area contributed by atoms with Crippen LogP contribution in [0.1, 0.15) is 53.9 Å². The van der Waals surface area contributed by atoms with Gasteiger partial charge in [0.25, 0.3) is 0 Å². The standard InChI is InChI=1S/C15H24O/c1-6-14(16)11(2)7-9-13-10-8-12(3)15(13,4)5/h7-8,13H,6,9-10H2,1-5H3/b11-7+. The molecule has 0 aromatic heterocycles. The third-order valence-corrected chi connectivity index (χ3v) is 4.22. The van der Waals surface area contributed by atoms with Gasteiger partial charge in [0.2, 0.25) is 0 Å². The summed E-state index contributed by atoms with van der Waals surface area (Å²) in [5.41, 5.74) is 2.72. The van der Waals surface area contributed by atoms with E-state index in [1.807, 2.05) is 13.8 Å². The molecule has 0 heterocycles. The zero-order valence-corrected chi connectivity index (χ0v) is 11.3. The van der Waals surface area contributed by atoms with Gasteiger partial charge in [0, 0.05) is 6.42 Å². The first-order valence-electron chi connectivity index (χ1n) is 6.26. The van der Waals surface area contributed by atoms with Crippen molar-refractivity contribution in [1.82, 2.24) is 0 Å². The Morgan fingerprint density at radius 3 is 2.62 bits per heavy atom.